The van der Waals surface area contributed by atoms with Crippen LogP contribution in [0.2, 0.25) is 0 Å². The Hall–Kier alpha value is -4.14. The van der Waals surface area contributed by atoms with Crippen LogP contribution < -0.4 is 11.1 Å². The van der Waals surface area contributed by atoms with E-state index in [1.165, 1.54) is 50.7 Å². The zero-order valence-corrected chi connectivity index (χ0v) is 26.0. The lowest BCUT2D eigenvalue weighted by molar-refractivity contribution is -0.0570. The van der Waals surface area contributed by atoms with Crippen LogP contribution in [0, 0.1) is 30.1 Å². The monoisotopic (exact) mass is 598 g/mol. The van der Waals surface area contributed by atoms with Crippen molar-refractivity contribution in [2.75, 3.05) is 11.1 Å². The summed E-state index contributed by atoms with van der Waals surface area (Å²) in [7, 11) is 0. The van der Waals surface area contributed by atoms with Crippen LogP contribution in [0.15, 0.2) is 36.4 Å². The van der Waals surface area contributed by atoms with Gasteiger partial charge in [-0.1, -0.05) is 24.3 Å². The molecule has 7 rings (SSSR count). The number of benzene rings is 2. The van der Waals surface area contributed by atoms with Crippen molar-refractivity contribution in [2.24, 2.45) is 23.2 Å². The molecule has 4 saturated carbocycles. The van der Waals surface area contributed by atoms with E-state index in [2.05, 4.69) is 10.3 Å². The van der Waals surface area contributed by atoms with Crippen molar-refractivity contribution in [3.8, 4) is 11.4 Å². The molecule has 1 heterocycles. The zero-order valence-electron chi connectivity index (χ0n) is 26.0. The molecule has 9 heteroatoms. The number of esters is 1. The fraction of sp³-hybridized carbons (Fsp3) is 0.486. The third-order valence-electron chi connectivity index (χ3n) is 9.72. The van der Waals surface area contributed by atoms with Crippen molar-refractivity contribution >= 4 is 29.2 Å². The number of rotatable bonds is 8. The van der Waals surface area contributed by atoms with Crippen LogP contribution >= 0.6 is 0 Å². The smallest absolute Gasteiger partial charge is 0.341 e. The van der Waals surface area contributed by atoms with Gasteiger partial charge in [0.1, 0.15) is 17.1 Å². The van der Waals surface area contributed by atoms with Crippen LogP contribution in [0.25, 0.3) is 11.4 Å². The summed E-state index contributed by atoms with van der Waals surface area (Å²) in [5.41, 5.74) is 8.14. The molecular formula is C35H42N4O5. The van der Waals surface area contributed by atoms with Gasteiger partial charge in [-0.15, -0.1) is 0 Å². The Morgan fingerprint density at radius 3 is 2.30 bits per heavy atom. The number of nitrogens with one attached hydrogen (secondary N) is 2. The lowest BCUT2D eigenvalue weighted by Crippen LogP contribution is -2.46. The minimum atomic E-state index is -1.36. The first-order chi connectivity index (χ1) is 20.8. The second kappa shape index (κ2) is 11.1. The molecule has 5 N–H and O–H groups in total. The predicted octanol–water partition coefficient (Wildman–Crippen LogP) is 7.02. The lowest BCUT2D eigenvalue weighted by atomic mass is 9.48. The number of nitrogens with zero attached hydrogens (tertiary/aromatic N) is 1. The lowest BCUT2D eigenvalue weighted by Gasteiger charge is -2.57. The van der Waals surface area contributed by atoms with Gasteiger partial charge in [0.25, 0.3) is 5.91 Å². The number of carbonyl (C=O) groups excluding carboxylic acids is 2. The number of aromatic amines is 1. The first kappa shape index (κ1) is 29.9. The van der Waals surface area contributed by atoms with E-state index in [-0.39, 0.29) is 28.2 Å². The number of carboxylic acids is 1. The highest BCUT2D eigenvalue weighted by Gasteiger charge is 2.50. The summed E-state index contributed by atoms with van der Waals surface area (Å²) in [5, 5.41) is 12.7. The molecule has 232 valence electrons. The maximum Gasteiger partial charge on any atom is 0.341 e. The van der Waals surface area contributed by atoms with Crippen molar-refractivity contribution in [2.45, 2.75) is 84.7 Å². The number of ether oxygens (including phenoxy) is 1. The highest BCUT2D eigenvalue weighted by Crippen LogP contribution is 2.61. The van der Waals surface area contributed by atoms with Crippen molar-refractivity contribution in [3.05, 3.63) is 64.5 Å². The molecule has 1 aromatic heterocycles. The molecule has 4 aliphatic rings. The van der Waals surface area contributed by atoms with Crippen LogP contribution in [0.4, 0.5) is 11.4 Å². The summed E-state index contributed by atoms with van der Waals surface area (Å²) >= 11 is 0. The first-order valence-electron chi connectivity index (χ1n) is 15.7. The molecule has 4 aliphatic carbocycles. The average Bonchev–Trinajstić information content (AvgIpc) is 3.34. The molecule has 4 bridgehead atoms. The van der Waals surface area contributed by atoms with Gasteiger partial charge in [-0.3, -0.25) is 4.79 Å². The number of carboxylic acid groups (broad SMARTS) is 1. The number of aromatic nitrogens is 2. The molecule has 0 unspecified atom stereocenters. The number of H-pyrrole nitrogens is 1. The Kier molecular flexibility index (Phi) is 7.54. The average molecular weight is 599 g/mol. The van der Waals surface area contributed by atoms with Crippen LogP contribution in [0.3, 0.4) is 0 Å². The highest BCUT2D eigenvalue weighted by atomic mass is 16.6. The van der Waals surface area contributed by atoms with E-state index >= 15 is 0 Å². The van der Waals surface area contributed by atoms with E-state index in [4.69, 9.17) is 15.5 Å². The van der Waals surface area contributed by atoms with Gasteiger partial charge in [0, 0.05) is 22.6 Å². The van der Waals surface area contributed by atoms with Crippen LogP contribution in [-0.4, -0.2) is 38.5 Å². The first-order valence-corrected chi connectivity index (χ1v) is 15.7. The fourth-order valence-electron chi connectivity index (χ4n) is 8.38. The largest absolute Gasteiger partial charge is 0.478 e. The maximum absolute atomic E-state index is 13.8. The molecule has 0 atom stereocenters. The van der Waals surface area contributed by atoms with E-state index in [0.717, 1.165) is 41.0 Å². The summed E-state index contributed by atoms with van der Waals surface area (Å²) in [5.74, 6) is 0.476. The molecule has 0 aliphatic heterocycles. The van der Waals surface area contributed by atoms with E-state index in [1.807, 2.05) is 31.2 Å². The van der Waals surface area contributed by atoms with Crippen molar-refractivity contribution in [1.29, 1.82) is 0 Å². The molecule has 4 fully saturated rings. The summed E-state index contributed by atoms with van der Waals surface area (Å²) in [6.07, 6.45) is 9.68. The van der Waals surface area contributed by atoms with E-state index in [0.29, 0.717) is 17.7 Å². The molecule has 0 saturated heterocycles. The highest BCUT2D eigenvalue weighted by molar-refractivity contribution is 6.09. The molecular weight excluding hydrogens is 556 g/mol. The molecule has 0 spiro atoms. The number of imidazole rings is 1. The standard InChI is InChI=1S/C35H42N4O5/c1-19-7-5-6-8-24(19)30-38-27(9-10-35-16-20-11-21(17-35)13-22(12-20)18-35)29(39-30)31(40)37-23-14-25(32(41)42)28(26(36)15-23)33(43)44-34(2,3)4/h5-8,14-15,20-22H,9-13,16-18,36H2,1-4H3,(H,37,40)(H,38,39)(H,41,42). The molecule has 9 nitrogen and oxygen atoms in total. The number of carbonyl (C=O) groups is 3. The minimum Gasteiger partial charge on any atom is -0.478 e. The van der Waals surface area contributed by atoms with Crippen LogP contribution in [0.1, 0.15) is 108 Å². The topological polar surface area (TPSA) is 147 Å². The third kappa shape index (κ3) is 5.97. The van der Waals surface area contributed by atoms with E-state index < -0.39 is 23.4 Å². The second-order valence-electron chi connectivity index (χ2n) is 14.4. The van der Waals surface area contributed by atoms with Gasteiger partial charge >= 0.3 is 11.9 Å². The number of aromatic carboxylic acids is 1. The zero-order chi connectivity index (χ0) is 31.4. The van der Waals surface area contributed by atoms with Gasteiger partial charge < -0.3 is 25.9 Å². The molecule has 0 radical (unpaired) electrons. The number of aryl methyl sites for hydroxylation is 2. The predicted molar refractivity (Wildman–Crippen MR) is 169 cm³/mol. The summed E-state index contributed by atoms with van der Waals surface area (Å²) in [4.78, 5) is 47.0. The quantitative estimate of drug-likeness (QED) is 0.161. The van der Waals surface area contributed by atoms with Crippen LogP contribution in [-0.2, 0) is 11.2 Å². The Bertz CT molecular complexity index is 1600. The van der Waals surface area contributed by atoms with Crippen LogP contribution in [0.5, 0.6) is 0 Å². The number of nitrogens with two attached hydrogens (primary N) is 1. The van der Waals surface area contributed by atoms with Crippen molar-refractivity contribution in [3.63, 3.8) is 0 Å². The Labute approximate surface area is 258 Å². The van der Waals surface area contributed by atoms with E-state index in [1.54, 1.807) is 20.8 Å². The third-order valence-corrected chi connectivity index (χ3v) is 9.72. The molecule has 44 heavy (non-hydrogen) atoms. The van der Waals surface area contributed by atoms with Gasteiger partial charge in [-0.05, 0) is 120 Å². The van der Waals surface area contributed by atoms with Gasteiger partial charge in [0.05, 0.1) is 11.1 Å². The summed E-state index contributed by atoms with van der Waals surface area (Å²) in [6, 6.07) is 10.5. The number of nitrogen functional groups attached to an aromatic ring is 1. The molecule has 1 amide bonds. The Balaban J connectivity index is 1.30. The molecule has 2 aromatic carbocycles. The van der Waals surface area contributed by atoms with Gasteiger partial charge in [-0.25, -0.2) is 14.6 Å². The summed E-state index contributed by atoms with van der Waals surface area (Å²) in [6.45, 7) is 7.07. The van der Waals surface area contributed by atoms with Gasteiger partial charge in [0.2, 0.25) is 0 Å². The Morgan fingerprint density at radius 1 is 1.07 bits per heavy atom. The SMILES string of the molecule is Cc1ccccc1-c1nc(C(=O)Nc2cc(N)c(C(=O)OC(C)(C)C)c(C(=O)O)c2)c(CCC23CC4CC(CC(C4)C2)C3)[nH]1. The second-order valence-corrected chi connectivity index (χ2v) is 14.4. The minimum absolute atomic E-state index is 0.0980. The fourth-order valence-corrected chi connectivity index (χ4v) is 8.38. The number of amides is 1. The van der Waals surface area contributed by atoms with Gasteiger partial charge in [-0.2, -0.15) is 0 Å². The van der Waals surface area contributed by atoms with Crippen molar-refractivity contribution in [1.82, 2.24) is 9.97 Å². The molecule has 3 aromatic rings. The van der Waals surface area contributed by atoms with Gasteiger partial charge in [0.15, 0.2) is 0 Å². The summed E-state index contributed by atoms with van der Waals surface area (Å²) < 4.78 is 5.39. The Morgan fingerprint density at radius 2 is 1.70 bits per heavy atom. The maximum atomic E-state index is 13.8. The normalized spacial score (nSPS) is 23.9. The van der Waals surface area contributed by atoms with Crippen molar-refractivity contribution < 1.29 is 24.2 Å². The number of anilines is 2. The van der Waals surface area contributed by atoms with E-state index in [9.17, 15) is 19.5 Å². The number of hydrogen-bond donors (Lipinski definition) is 4. The number of hydrogen-bond acceptors (Lipinski definition) is 6.